The third-order valence-electron chi connectivity index (χ3n) is 5.90. The van der Waals surface area contributed by atoms with E-state index in [4.69, 9.17) is 0 Å². The summed E-state index contributed by atoms with van der Waals surface area (Å²) in [6.07, 6.45) is 13.5. The van der Waals surface area contributed by atoms with E-state index < -0.39 is 0 Å². The minimum absolute atomic E-state index is 0. The van der Waals surface area contributed by atoms with Gasteiger partial charge in [0.15, 0.2) is 0 Å². The zero-order valence-electron chi connectivity index (χ0n) is 22.2. The molecule has 0 bridgehead atoms. The van der Waals surface area contributed by atoms with Gasteiger partial charge in [-0.15, -0.1) is 17.5 Å². The maximum atomic E-state index is 3.67. The van der Waals surface area contributed by atoms with Crippen molar-refractivity contribution in [2.45, 2.75) is 91.9 Å². The third-order valence-corrected chi connectivity index (χ3v) is 7.01. The van der Waals surface area contributed by atoms with Crippen LogP contribution in [0, 0.1) is 12.1 Å². The first-order valence-corrected chi connectivity index (χ1v) is 12.7. The molecule has 0 aromatic heterocycles. The topological polar surface area (TPSA) is 0 Å². The van der Waals surface area contributed by atoms with Crippen molar-refractivity contribution >= 4 is 3.81 Å². The summed E-state index contributed by atoms with van der Waals surface area (Å²) in [6, 6.07) is 15.2. The number of rotatable bonds is 2. The van der Waals surface area contributed by atoms with Crippen LogP contribution in [-0.2, 0) is 37.2 Å². The SMILES string of the molecule is CC(C)(C)c1[c-]c2c(cc1)-c1ccc(C(C)(C)C)cc1C2.CC[C](=[Ti+2])CC.[C-]1=CC=CC1.[Cl-].[Cl-]. The van der Waals surface area contributed by atoms with Gasteiger partial charge in [-0.2, -0.15) is 29.8 Å². The number of hydrogen-bond donors (Lipinski definition) is 0. The van der Waals surface area contributed by atoms with Crippen molar-refractivity contribution in [2.75, 3.05) is 0 Å². The van der Waals surface area contributed by atoms with E-state index in [2.05, 4.69) is 124 Å². The summed E-state index contributed by atoms with van der Waals surface area (Å²) in [7, 11) is 0. The fourth-order valence-corrected chi connectivity index (χ4v) is 3.62. The summed E-state index contributed by atoms with van der Waals surface area (Å²) in [5, 5.41) is 0. The van der Waals surface area contributed by atoms with Gasteiger partial charge in [0, 0.05) is 0 Å². The fraction of sp³-hybridized carbons (Fsp3) is 0.452. The van der Waals surface area contributed by atoms with Gasteiger partial charge >= 0.3 is 50.5 Å². The van der Waals surface area contributed by atoms with E-state index in [1.807, 2.05) is 12.2 Å². The minimum Gasteiger partial charge on any atom is -1.00 e. The Morgan fingerprint density at radius 2 is 1.50 bits per heavy atom. The smallest absolute Gasteiger partial charge is 0.109 e. The van der Waals surface area contributed by atoms with Gasteiger partial charge in [-0.1, -0.05) is 65.3 Å². The van der Waals surface area contributed by atoms with E-state index in [9.17, 15) is 0 Å². The molecule has 0 aliphatic heterocycles. The second kappa shape index (κ2) is 14.6. The number of benzene rings is 2. The molecule has 0 atom stereocenters. The van der Waals surface area contributed by atoms with Gasteiger partial charge in [-0.3, -0.25) is 6.08 Å². The van der Waals surface area contributed by atoms with Crippen LogP contribution in [0.4, 0.5) is 0 Å². The molecule has 0 fully saturated rings. The largest absolute Gasteiger partial charge is 1.00 e. The van der Waals surface area contributed by atoms with E-state index in [0.717, 1.165) is 12.8 Å². The first-order chi connectivity index (χ1) is 15.0. The zero-order valence-corrected chi connectivity index (χ0v) is 25.3. The average molecular weight is 531 g/mol. The van der Waals surface area contributed by atoms with Crippen LogP contribution in [0.25, 0.3) is 11.1 Å². The van der Waals surface area contributed by atoms with Crippen LogP contribution in [0.3, 0.4) is 0 Å². The van der Waals surface area contributed by atoms with Crippen molar-refractivity contribution in [3.05, 3.63) is 83.0 Å². The monoisotopic (exact) mass is 530 g/mol. The van der Waals surface area contributed by atoms with Gasteiger partial charge in [0.05, 0.1) is 0 Å². The maximum Gasteiger partial charge on any atom is -0.109 e. The molecule has 0 saturated heterocycles. The average Bonchev–Trinajstić information content (AvgIpc) is 3.42. The summed E-state index contributed by atoms with van der Waals surface area (Å²) in [4.78, 5) is 0. The summed E-state index contributed by atoms with van der Waals surface area (Å²) in [5.41, 5.74) is 8.70. The molecular formula is C31H40Cl2Ti-2. The molecule has 2 aliphatic carbocycles. The van der Waals surface area contributed by atoms with E-state index in [1.54, 1.807) is 3.81 Å². The van der Waals surface area contributed by atoms with Crippen LogP contribution < -0.4 is 24.8 Å². The molecule has 2 aromatic rings. The third kappa shape index (κ3) is 9.62. The van der Waals surface area contributed by atoms with Crippen molar-refractivity contribution < 1.29 is 44.8 Å². The first-order valence-electron chi connectivity index (χ1n) is 11.9. The minimum atomic E-state index is 0. The van der Waals surface area contributed by atoms with Gasteiger partial charge in [0.2, 0.25) is 0 Å². The standard InChI is InChI=1S/C21H25.C5H5.C5H10.2ClH.Ti/c1-20(2,3)16-7-9-18-14(12-16)11-15-13-17(21(4,5)6)8-10-19(15)18;1-2-4-5-3-1;1-3-5-4-2;;;/h7-10,12H,11H2,1-6H3;1-3H,4H2;3-4H2,1-2H3;2*1H;/q2*-1;;;;+2/p-2. The summed E-state index contributed by atoms with van der Waals surface area (Å²) >= 11 is 2.19. The predicted molar refractivity (Wildman–Crippen MR) is 138 cm³/mol. The predicted octanol–water partition coefficient (Wildman–Crippen LogP) is 2.49. The molecule has 3 heteroatoms. The number of fused-ring (bicyclic) bond motifs is 3. The van der Waals surface area contributed by atoms with Crippen LogP contribution in [0.15, 0.2) is 48.6 Å². The zero-order chi connectivity index (χ0) is 23.9. The van der Waals surface area contributed by atoms with Gasteiger partial charge in [0.1, 0.15) is 0 Å². The second-order valence-corrected chi connectivity index (χ2v) is 11.7. The van der Waals surface area contributed by atoms with E-state index in [-0.39, 0.29) is 35.6 Å². The molecule has 0 N–H and O–H groups in total. The quantitative estimate of drug-likeness (QED) is 0.353. The molecule has 34 heavy (non-hydrogen) atoms. The Morgan fingerprint density at radius 1 is 0.882 bits per heavy atom. The summed E-state index contributed by atoms with van der Waals surface area (Å²) < 4.78 is 1.59. The fourth-order valence-electron chi connectivity index (χ4n) is 3.62. The van der Waals surface area contributed by atoms with E-state index in [0.29, 0.717) is 0 Å². The van der Waals surface area contributed by atoms with Crippen molar-refractivity contribution in [1.82, 2.24) is 0 Å². The second-order valence-electron chi connectivity index (χ2n) is 10.6. The molecule has 0 unspecified atom stereocenters. The van der Waals surface area contributed by atoms with Crippen LogP contribution in [-0.4, -0.2) is 3.81 Å². The Morgan fingerprint density at radius 3 is 1.91 bits per heavy atom. The normalized spacial score (nSPS) is 12.8. The first kappa shape index (κ1) is 33.1. The Labute approximate surface area is 233 Å². The van der Waals surface area contributed by atoms with E-state index in [1.165, 1.54) is 46.2 Å². The van der Waals surface area contributed by atoms with Gasteiger partial charge in [-0.25, -0.2) is 12.2 Å². The van der Waals surface area contributed by atoms with Crippen LogP contribution in [0.5, 0.6) is 0 Å². The van der Waals surface area contributed by atoms with Crippen LogP contribution >= 0.6 is 0 Å². The number of hydrogen-bond acceptors (Lipinski definition) is 0. The number of halogens is 2. The molecule has 2 aromatic carbocycles. The molecule has 0 spiro atoms. The van der Waals surface area contributed by atoms with E-state index >= 15 is 0 Å². The molecule has 0 saturated carbocycles. The van der Waals surface area contributed by atoms with Gasteiger partial charge in [-0.05, 0) is 28.4 Å². The summed E-state index contributed by atoms with van der Waals surface area (Å²) in [5.74, 6) is 0. The van der Waals surface area contributed by atoms with Crippen molar-refractivity contribution in [3.8, 4) is 11.1 Å². The molecule has 0 nitrogen and oxygen atoms in total. The molecule has 4 rings (SSSR count). The molecule has 2 aliphatic rings. The Bertz CT molecular complexity index is 908. The maximum absolute atomic E-state index is 3.67. The van der Waals surface area contributed by atoms with Crippen molar-refractivity contribution in [3.63, 3.8) is 0 Å². The molecular weight excluding hydrogens is 491 g/mol. The van der Waals surface area contributed by atoms with Crippen molar-refractivity contribution in [2.24, 2.45) is 0 Å². The molecule has 184 valence electrons. The Hall–Kier alpha value is -0.916. The van der Waals surface area contributed by atoms with Crippen LogP contribution in [0.1, 0.15) is 96.9 Å². The van der Waals surface area contributed by atoms with Crippen molar-refractivity contribution in [1.29, 1.82) is 0 Å². The van der Waals surface area contributed by atoms with Gasteiger partial charge < -0.3 is 24.8 Å². The Kier molecular flexibility index (Phi) is 14.2. The molecule has 0 radical (unpaired) electrons. The molecule has 0 amide bonds. The Balaban J connectivity index is 0.000000700. The summed E-state index contributed by atoms with van der Waals surface area (Å²) in [6.45, 7) is 18.0. The van der Waals surface area contributed by atoms with Crippen LogP contribution in [0.2, 0.25) is 0 Å². The molecule has 0 heterocycles. The number of allylic oxidation sites excluding steroid dienone is 4. The van der Waals surface area contributed by atoms with Gasteiger partial charge in [0.25, 0.3) is 0 Å².